The van der Waals surface area contributed by atoms with Gasteiger partial charge in [0.15, 0.2) is 0 Å². The second kappa shape index (κ2) is 7.06. The van der Waals surface area contributed by atoms with Crippen molar-refractivity contribution in [3.8, 4) is 0 Å². The average molecular weight is 287 g/mol. The molecule has 1 aromatic carbocycles. The van der Waals surface area contributed by atoms with Crippen LogP contribution in [-0.2, 0) is 16.1 Å². The van der Waals surface area contributed by atoms with Gasteiger partial charge >= 0.3 is 5.97 Å². The molecule has 0 aromatic heterocycles. The first-order chi connectivity index (χ1) is 8.93. The van der Waals surface area contributed by atoms with Gasteiger partial charge < -0.3 is 4.74 Å². The van der Waals surface area contributed by atoms with Crippen LogP contribution >= 0.6 is 11.6 Å². The van der Waals surface area contributed by atoms with Crippen molar-refractivity contribution >= 4 is 23.3 Å². The summed E-state index contributed by atoms with van der Waals surface area (Å²) >= 11 is 5.83. The lowest BCUT2D eigenvalue weighted by Crippen LogP contribution is -2.27. The van der Waals surface area contributed by atoms with Crippen LogP contribution in [-0.4, -0.2) is 36.0 Å². The molecule has 6 nitrogen and oxygen atoms in total. The summed E-state index contributed by atoms with van der Waals surface area (Å²) in [7, 11) is 1.68. The van der Waals surface area contributed by atoms with Gasteiger partial charge in [0, 0.05) is 23.2 Å². The Balaban J connectivity index is 2.78. The first-order valence-corrected chi connectivity index (χ1v) is 6.08. The monoisotopic (exact) mass is 286 g/mol. The predicted octanol–water partition coefficient (Wildman–Crippen LogP) is 2.24. The predicted molar refractivity (Wildman–Crippen MR) is 71.1 cm³/mol. The normalized spacial score (nSPS) is 10.5. The fourth-order valence-electron chi connectivity index (χ4n) is 1.63. The van der Waals surface area contributed by atoms with E-state index in [9.17, 15) is 14.9 Å². The highest BCUT2D eigenvalue weighted by atomic mass is 35.5. The Morgan fingerprint density at radius 3 is 2.79 bits per heavy atom. The number of carbonyl (C=O) groups is 1. The number of carbonyl (C=O) groups excluding carboxylic acids is 1. The number of hydrogen-bond acceptors (Lipinski definition) is 5. The van der Waals surface area contributed by atoms with Crippen LogP contribution in [0, 0.1) is 10.1 Å². The number of benzene rings is 1. The highest BCUT2D eigenvalue weighted by Crippen LogP contribution is 2.23. The minimum absolute atomic E-state index is 0.0138. The Bertz CT molecular complexity index is 479. The number of hydrogen-bond donors (Lipinski definition) is 0. The summed E-state index contributed by atoms with van der Waals surface area (Å²) in [4.78, 5) is 23.4. The molecule has 0 aliphatic heterocycles. The summed E-state index contributed by atoms with van der Waals surface area (Å²) < 4.78 is 4.81. The van der Waals surface area contributed by atoms with Crippen LogP contribution in [0.5, 0.6) is 0 Å². The molecule has 0 aliphatic carbocycles. The van der Waals surface area contributed by atoms with Crippen molar-refractivity contribution in [2.75, 3.05) is 20.2 Å². The summed E-state index contributed by atoms with van der Waals surface area (Å²) in [5.41, 5.74) is 0.449. The molecule has 0 N–H and O–H groups in total. The first-order valence-electron chi connectivity index (χ1n) is 5.71. The smallest absolute Gasteiger partial charge is 0.320 e. The van der Waals surface area contributed by atoms with Gasteiger partial charge in [-0.2, -0.15) is 0 Å². The van der Waals surface area contributed by atoms with Gasteiger partial charge in [0.25, 0.3) is 5.69 Å². The van der Waals surface area contributed by atoms with Gasteiger partial charge in [-0.1, -0.05) is 11.6 Å². The minimum atomic E-state index is -0.468. The molecule has 0 radical (unpaired) electrons. The molecule has 0 heterocycles. The minimum Gasteiger partial charge on any atom is -0.465 e. The zero-order valence-corrected chi connectivity index (χ0v) is 11.5. The SMILES string of the molecule is CCOC(=O)CN(C)Cc1cc(Cl)ccc1[N+](=O)[O-]. The van der Waals surface area contributed by atoms with Crippen LogP contribution in [0.15, 0.2) is 18.2 Å². The number of nitro groups is 1. The molecule has 1 aromatic rings. The Morgan fingerprint density at radius 1 is 1.53 bits per heavy atom. The van der Waals surface area contributed by atoms with Crippen molar-refractivity contribution < 1.29 is 14.5 Å². The van der Waals surface area contributed by atoms with E-state index in [4.69, 9.17) is 16.3 Å². The number of esters is 1. The van der Waals surface area contributed by atoms with Crippen LogP contribution in [0.1, 0.15) is 12.5 Å². The van der Waals surface area contributed by atoms with Gasteiger partial charge in [0.1, 0.15) is 0 Å². The van der Waals surface area contributed by atoms with Crippen molar-refractivity contribution in [2.45, 2.75) is 13.5 Å². The van der Waals surface area contributed by atoms with Crippen molar-refractivity contribution in [2.24, 2.45) is 0 Å². The van der Waals surface area contributed by atoms with Crippen molar-refractivity contribution in [1.82, 2.24) is 4.90 Å². The zero-order valence-electron chi connectivity index (χ0n) is 10.8. The molecule has 0 spiro atoms. The van der Waals surface area contributed by atoms with Gasteiger partial charge in [-0.15, -0.1) is 0 Å². The third-order valence-corrected chi connectivity index (χ3v) is 2.62. The molecule has 0 aliphatic rings. The molecular weight excluding hydrogens is 272 g/mol. The molecule has 1 rings (SSSR count). The molecule has 104 valence electrons. The summed E-state index contributed by atoms with van der Waals surface area (Å²) in [6.07, 6.45) is 0. The Morgan fingerprint density at radius 2 is 2.21 bits per heavy atom. The van der Waals surface area contributed by atoms with Crippen LogP contribution in [0.25, 0.3) is 0 Å². The van der Waals surface area contributed by atoms with Crippen LogP contribution < -0.4 is 0 Å². The van der Waals surface area contributed by atoms with E-state index in [1.54, 1.807) is 18.9 Å². The third kappa shape index (κ3) is 4.84. The van der Waals surface area contributed by atoms with Crippen LogP contribution in [0.2, 0.25) is 5.02 Å². The largest absolute Gasteiger partial charge is 0.465 e. The highest BCUT2D eigenvalue weighted by Gasteiger charge is 2.16. The number of likely N-dealkylation sites (N-methyl/N-ethyl adjacent to an activating group) is 1. The second-order valence-corrected chi connectivity index (χ2v) is 4.44. The average Bonchev–Trinajstić information content (AvgIpc) is 2.28. The van der Waals surface area contributed by atoms with E-state index < -0.39 is 4.92 Å². The Labute approximate surface area is 116 Å². The second-order valence-electron chi connectivity index (χ2n) is 4.01. The van der Waals surface area contributed by atoms with Gasteiger partial charge in [0.2, 0.25) is 0 Å². The van der Waals surface area contributed by atoms with E-state index in [1.807, 2.05) is 0 Å². The van der Waals surface area contributed by atoms with E-state index in [0.29, 0.717) is 17.2 Å². The van der Waals surface area contributed by atoms with Gasteiger partial charge in [0.05, 0.1) is 18.1 Å². The maximum Gasteiger partial charge on any atom is 0.320 e. The van der Waals surface area contributed by atoms with E-state index in [2.05, 4.69) is 0 Å². The van der Waals surface area contributed by atoms with Crippen molar-refractivity contribution in [1.29, 1.82) is 0 Å². The maximum absolute atomic E-state index is 11.3. The summed E-state index contributed by atoms with van der Waals surface area (Å²) in [5, 5.41) is 11.3. The molecule has 0 bridgehead atoms. The molecule has 0 saturated carbocycles. The topological polar surface area (TPSA) is 72.7 Å². The molecular formula is C12H15ClN2O4. The van der Waals surface area contributed by atoms with E-state index >= 15 is 0 Å². The first kappa shape index (κ1) is 15.4. The number of nitro benzene ring substituents is 1. The molecule has 0 atom stereocenters. The lowest BCUT2D eigenvalue weighted by atomic mass is 10.1. The lowest BCUT2D eigenvalue weighted by Gasteiger charge is -2.15. The molecule has 0 saturated heterocycles. The summed E-state index contributed by atoms with van der Waals surface area (Å²) in [6.45, 7) is 2.34. The zero-order chi connectivity index (χ0) is 14.4. The quantitative estimate of drug-likeness (QED) is 0.455. The van der Waals surface area contributed by atoms with Crippen LogP contribution in [0.4, 0.5) is 5.69 Å². The molecule has 19 heavy (non-hydrogen) atoms. The molecule has 0 amide bonds. The van der Waals surface area contributed by atoms with Gasteiger partial charge in [-0.25, -0.2) is 0 Å². The van der Waals surface area contributed by atoms with Gasteiger partial charge in [-0.05, 0) is 26.1 Å². The van der Waals surface area contributed by atoms with E-state index in [1.165, 1.54) is 18.2 Å². The lowest BCUT2D eigenvalue weighted by molar-refractivity contribution is -0.385. The maximum atomic E-state index is 11.3. The fourth-order valence-corrected chi connectivity index (χ4v) is 1.83. The third-order valence-electron chi connectivity index (χ3n) is 2.38. The highest BCUT2D eigenvalue weighted by molar-refractivity contribution is 6.30. The van der Waals surface area contributed by atoms with Crippen molar-refractivity contribution in [3.63, 3.8) is 0 Å². The standard InChI is InChI=1S/C12H15ClN2O4/c1-3-19-12(16)8-14(2)7-9-6-10(13)4-5-11(9)15(17)18/h4-6H,3,7-8H2,1-2H3. The van der Waals surface area contributed by atoms with E-state index in [0.717, 1.165) is 0 Å². The number of rotatable bonds is 6. The summed E-state index contributed by atoms with van der Waals surface area (Å²) in [6, 6.07) is 4.35. The Kier molecular flexibility index (Phi) is 5.72. The van der Waals surface area contributed by atoms with Crippen LogP contribution in [0.3, 0.4) is 0 Å². The van der Waals surface area contributed by atoms with Gasteiger partial charge in [-0.3, -0.25) is 19.8 Å². The van der Waals surface area contributed by atoms with Crippen molar-refractivity contribution in [3.05, 3.63) is 38.9 Å². The van der Waals surface area contributed by atoms with E-state index in [-0.39, 0.29) is 24.7 Å². The molecule has 7 heteroatoms. The number of ether oxygens (including phenoxy) is 1. The number of halogens is 1. The molecule has 0 fully saturated rings. The molecule has 0 unspecified atom stereocenters. The Hall–Kier alpha value is -1.66. The summed E-state index contributed by atoms with van der Waals surface area (Å²) in [5.74, 6) is -0.366. The fraction of sp³-hybridized carbons (Fsp3) is 0.417. The number of nitrogens with zero attached hydrogens (tertiary/aromatic N) is 2.